The van der Waals surface area contributed by atoms with E-state index < -0.39 is 20.6 Å². The summed E-state index contributed by atoms with van der Waals surface area (Å²) in [5.74, 6) is 0. The third kappa shape index (κ3) is 3.16. The number of nitrogens with two attached hydrogens (primary N) is 1. The topological polar surface area (TPSA) is 115 Å². The smallest absolute Gasteiger partial charge is 0.291 e. The van der Waals surface area contributed by atoms with Gasteiger partial charge in [0.25, 0.3) is 5.69 Å². The highest BCUT2D eigenvalue weighted by Crippen LogP contribution is 2.38. The fourth-order valence-corrected chi connectivity index (χ4v) is 4.29. The summed E-state index contributed by atoms with van der Waals surface area (Å²) in [4.78, 5) is 9.97. The molecule has 1 aliphatic carbocycles. The molecule has 0 bridgehead atoms. The Bertz CT molecular complexity index is 670. The van der Waals surface area contributed by atoms with Crippen molar-refractivity contribution in [3.63, 3.8) is 0 Å². The van der Waals surface area contributed by atoms with Crippen molar-refractivity contribution in [2.75, 3.05) is 5.73 Å². The molecule has 116 valence electrons. The second-order valence-corrected chi connectivity index (χ2v) is 7.72. The third-order valence-corrected chi connectivity index (χ3v) is 5.54. The van der Waals surface area contributed by atoms with Crippen LogP contribution in [-0.4, -0.2) is 19.4 Å². The summed E-state index contributed by atoms with van der Waals surface area (Å²) in [7, 11) is -3.95. The molecule has 0 heterocycles. The van der Waals surface area contributed by atoms with Gasteiger partial charge in [-0.3, -0.25) is 10.1 Å². The number of nitrogens with zero attached hydrogens (tertiary/aromatic N) is 1. The summed E-state index contributed by atoms with van der Waals surface area (Å²) in [6, 6.07) is 3.37. The molecule has 1 fully saturated rings. The SMILES string of the molecule is CC1(C)CCCC1NS(=O)(=O)c1ccc(N)cc1[N+](=O)[O-]. The minimum atomic E-state index is -3.95. The lowest BCUT2D eigenvalue weighted by Gasteiger charge is -2.27. The molecule has 7 nitrogen and oxygen atoms in total. The van der Waals surface area contributed by atoms with Crippen LogP contribution in [0.1, 0.15) is 33.1 Å². The fraction of sp³-hybridized carbons (Fsp3) is 0.538. The Morgan fingerprint density at radius 3 is 2.62 bits per heavy atom. The molecule has 1 aromatic rings. The highest BCUT2D eigenvalue weighted by atomic mass is 32.2. The zero-order chi connectivity index (χ0) is 15.8. The van der Waals surface area contributed by atoms with Crippen LogP contribution in [0.4, 0.5) is 11.4 Å². The van der Waals surface area contributed by atoms with Crippen LogP contribution in [0.25, 0.3) is 0 Å². The molecule has 2 rings (SSSR count). The molecule has 1 aliphatic rings. The van der Waals surface area contributed by atoms with Crippen molar-refractivity contribution >= 4 is 21.4 Å². The second-order valence-electron chi connectivity index (χ2n) is 6.04. The van der Waals surface area contributed by atoms with Gasteiger partial charge in [0.1, 0.15) is 0 Å². The Morgan fingerprint density at radius 2 is 2.10 bits per heavy atom. The molecule has 3 N–H and O–H groups in total. The van der Waals surface area contributed by atoms with E-state index in [1.807, 2.05) is 13.8 Å². The summed E-state index contributed by atoms with van der Waals surface area (Å²) >= 11 is 0. The van der Waals surface area contributed by atoms with Crippen molar-refractivity contribution in [3.8, 4) is 0 Å². The molecule has 1 atom stereocenters. The number of hydrogen-bond donors (Lipinski definition) is 2. The van der Waals surface area contributed by atoms with Crippen LogP contribution in [0.2, 0.25) is 0 Å². The van der Waals surface area contributed by atoms with Crippen LogP contribution in [0.15, 0.2) is 23.1 Å². The van der Waals surface area contributed by atoms with Gasteiger partial charge < -0.3 is 5.73 Å². The summed E-state index contributed by atoms with van der Waals surface area (Å²) in [6.07, 6.45) is 2.59. The lowest BCUT2D eigenvalue weighted by molar-refractivity contribution is -0.387. The van der Waals surface area contributed by atoms with E-state index in [0.29, 0.717) is 0 Å². The maximum Gasteiger partial charge on any atom is 0.291 e. The number of nitrogens with one attached hydrogen (secondary N) is 1. The molecule has 0 aliphatic heterocycles. The van der Waals surface area contributed by atoms with Crippen molar-refractivity contribution in [2.45, 2.75) is 44.0 Å². The van der Waals surface area contributed by atoms with Gasteiger partial charge in [-0.2, -0.15) is 0 Å². The van der Waals surface area contributed by atoms with E-state index in [2.05, 4.69) is 4.72 Å². The number of anilines is 1. The average molecular weight is 313 g/mol. The van der Waals surface area contributed by atoms with Crippen LogP contribution in [0, 0.1) is 15.5 Å². The largest absolute Gasteiger partial charge is 0.399 e. The Balaban J connectivity index is 2.39. The first-order valence-corrected chi connectivity index (χ1v) is 8.18. The van der Waals surface area contributed by atoms with Crippen LogP contribution in [-0.2, 0) is 10.0 Å². The number of nitrogen functional groups attached to an aromatic ring is 1. The van der Waals surface area contributed by atoms with Gasteiger partial charge in [0.2, 0.25) is 10.0 Å². The summed E-state index contributed by atoms with van der Waals surface area (Å²) in [5, 5.41) is 11.0. The van der Waals surface area contributed by atoms with Crippen molar-refractivity contribution in [2.24, 2.45) is 5.41 Å². The van der Waals surface area contributed by atoms with E-state index in [-0.39, 0.29) is 22.0 Å². The zero-order valence-electron chi connectivity index (χ0n) is 12.0. The van der Waals surface area contributed by atoms with Gasteiger partial charge in [-0.15, -0.1) is 0 Å². The molecule has 1 unspecified atom stereocenters. The fourth-order valence-electron chi connectivity index (χ4n) is 2.70. The minimum absolute atomic E-state index is 0.154. The normalized spacial score (nSPS) is 21.3. The van der Waals surface area contributed by atoms with E-state index >= 15 is 0 Å². The molecular formula is C13H19N3O4S. The first-order valence-electron chi connectivity index (χ1n) is 6.70. The summed E-state index contributed by atoms with van der Waals surface area (Å²) in [5.41, 5.74) is 4.99. The number of sulfonamides is 1. The first-order chi connectivity index (χ1) is 9.63. The van der Waals surface area contributed by atoms with E-state index in [1.165, 1.54) is 12.1 Å². The van der Waals surface area contributed by atoms with Gasteiger partial charge in [-0.05, 0) is 30.4 Å². The molecule has 1 saturated carbocycles. The van der Waals surface area contributed by atoms with Crippen molar-refractivity contribution in [1.82, 2.24) is 4.72 Å². The van der Waals surface area contributed by atoms with Gasteiger partial charge >= 0.3 is 0 Å². The van der Waals surface area contributed by atoms with Crippen molar-refractivity contribution < 1.29 is 13.3 Å². The minimum Gasteiger partial charge on any atom is -0.399 e. The van der Waals surface area contributed by atoms with Crippen LogP contribution < -0.4 is 10.5 Å². The molecule has 1 aromatic carbocycles. The number of nitro groups is 1. The number of hydrogen-bond acceptors (Lipinski definition) is 5. The standard InChI is InChI=1S/C13H19N3O4S/c1-13(2)7-3-4-12(13)15-21(19,20)11-6-5-9(14)8-10(11)16(17)18/h5-6,8,12,15H,3-4,7,14H2,1-2H3. The molecule has 0 aromatic heterocycles. The van der Waals surface area contributed by atoms with Gasteiger partial charge in [0.05, 0.1) is 4.92 Å². The molecule has 0 saturated heterocycles. The van der Waals surface area contributed by atoms with E-state index in [0.717, 1.165) is 25.3 Å². The predicted octanol–water partition coefficient (Wildman–Crippen LogP) is 2.03. The van der Waals surface area contributed by atoms with Gasteiger partial charge in [0, 0.05) is 17.8 Å². The lowest BCUT2D eigenvalue weighted by atomic mass is 9.88. The molecule has 0 spiro atoms. The molecule has 0 radical (unpaired) electrons. The average Bonchev–Trinajstić information content (AvgIpc) is 2.67. The summed E-state index contributed by atoms with van der Waals surface area (Å²) < 4.78 is 27.5. The number of rotatable bonds is 4. The van der Waals surface area contributed by atoms with E-state index in [4.69, 9.17) is 5.73 Å². The Morgan fingerprint density at radius 1 is 1.43 bits per heavy atom. The highest BCUT2D eigenvalue weighted by molar-refractivity contribution is 7.89. The second kappa shape index (κ2) is 5.27. The summed E-state index contributed by atoms with van der Waals surface area (Å²) in [6.45, 7) is 3.98. The zero-order valence-corrected chi connectivity index (χ0v) is 12.8. The Labute approximate surface area is 123 Å². The van der Waals surface area contributed by atoms with Crippen LogP contribution >= 0.6 is 0 Å². The van der Waals surface area contributed by atoms with Gasteiger partial charge in [0.15, 0.2) is 4.90 Å². The first kappa shape index (κ1) is 15.7. The van der Waals surface area contributed by atoms with Crippen LogP contribution in [0.5, 0.6) is 0 Å². The molecular weight excluding hydrogens is 294 g/mol. The highest BCUT2D eigenvalue weighted by Gasteiger charge is 2.38. The quantitative estimate of drug-likeness (QED) is 0.501. The molecule has 0 amide bonds. The van der Waals surface area contributed by atoms with Crippen molar-refractivity contribution in [1.29, 1.82) is 0 Å². The van der Waals surface area contributed by atoms with Crippen molar-refractivity contribution in [3.05, 3.63) is 28.3 Å². The maximum absolute atomic E-state index is 12.5. The maximum atomic E-state index is 12.5. The van der Waals surface area contributed by atoms with E-state index in [9.17, 15) is 18.5 Å². The Hall–Kier alpha value is -1.67. The van der Waals surface area contributed by atoms with Gasteiger partial charge in [-0.25, -0.2) is 13.1 Å². The third-order valence-electron chi connectivity index (χ3n) is 4.02. The lowest BCUT2D eigenvalue weighted by Crippen LogP contribution is -2.41. The number of benzene rings is 1. The number of nitro benzene ring substituents is 1. The predicted molar refractivity (Wildman–Crippen MR) is 79.3 cm³/mol. The molecule has 21 heavy (non-hydrogen) atoms. The monoisotopic (exact) mass is 313 g/mol. The van der Waals surface area contributed by atoms with Gasteiger partial charge in [-0.1, -0.05) is 20.3 Å². The Kier molecular flexibility index (Phi) is 3.94. The molecule has 8 heteroatoms. The van der Waals surface area contributed by atoms with E-state index in [1.54, 1.807) is 0 Å². The van der Waals surface area contributed by atoms with Crippen LogP contribution in [0.3, 0.4) is 0 Å².